The van der Waals surface area contributed by atoms with E-state index in [2.05, 4.69) is 0 Å². The first-order chi connectivity index (χ1) is 15.4. The van der Waals surface area contributed by atoms with Crippen LogP contribution in [-0.4, -0.2) is 34.3 Å². The molecule has 0 amide bonds. The molecule has 0 bridgehead atoms. The molecule has 32 heavy (non-hydrogen) atoms. The minimum absolute atomic E-state index is 0.140. The van der Waals surface area contributed by atoms with Gasteiger partial charge in [0.25, 0.3) is 0 Å². The molecule has 2 heterocycles. The number of carbonyl (C=O) groups excluding carboxylic acids is 1. The number of aromatic nitrogens is 1. The van der Waals surface area contributed by atoms with Crippen molar-refractivity contribution in [2.24, 2.45) is 0 Å². The Bertz CT molecular complexity index is 1200. The SMILES string of the molecule is C[C@H](Oc1cccc(/C=C/Cn2cc(Cl)cc2C(=O)c2ccc3c(c2)OCO3)c1)C(=O)O. The molecule has 1 aliphatic heterocycles. The number of aliphatic carboxylic acids is 1. The van der Waals surface area contributed by atoms with Gasteiger partial charge in [0.05, 0.1) is 10.7 Å². The van der Waals surface area contributed by atoms with Crippen molar-refractivity contribution in [3.05, 3.63) is 82.6 Å². The normalized spacial score (nSPS) is 13.3. The molecule has 1 N–H and O–H groups in total. The van der Waals surface area contributed by atoms with Crippen molar-refractivity contribution in [2.45, 2.75) is 19.6 Å². The van der Waals surface area contributed by atoms with Gasteiger partial charge < -0.3 is 23.9 Å². The highest BCUT2D eigenvalue weighted by atomic mass is 35.5. The van der Waals surface area contributed by atoms with E-state index < -0.39 is 12.1 Å². The number of carboxylic acid groups (broad SMARTS) is 1. The summed E-state index contributed by atoms with van der Waals surface area (Å²) in [6, 6.07) is 13.8. The molecule has 1 aromatic heterocycles. The maximum absolute atomic E-state index is 13.1. The van der Waals surface area contributed by atoms with Gasteiger partial charge in [-0.25, -0.2) is 4.79 Å². The number of ketones is 1. The Morgan fingerprint density at radius 2 is 2.00 bits per heavy atom. The molecule has 0 radical (unpaired) electrons. The largest absolute Gasteiger partial charge is 0.479 e. The zero-order valence-electron chi connectivity index (χ0n) is 17.2. The Morgan fingerprint density at radius 3 is 2.81 bits per heavy atom. The van der Waals surface area contributed by atoms with Crippen LogP contribution in [0, 0.1) is 0 Å². The van der Waals surface area contributed by atoms with E-state index in [0.717, 1.165) is 5.56 Å². The summed E-state index contributed by atoms with van der Waals surface area (Å²) in [5.74, 6) is 0.405. The number of nitrogens with zero attached hydrogens (tertiary/aromatic N) is 1. The number of hydrogen-bond acceptors (Lipinski definition) is 5. The zero-order chi connectivity index (χ0) is 22.7. The number of allylic oxidation sites excluding steroid dienone is 1. The average molecular weight is 454 g/mol. The smallest absolute Gasteiger partial charge is 0.344 e. The minimum atomic E-state index is -1.03. The number of carbonyl (C=O) groups is 2. The third kappa shape index (κ3) is 4.78. The molecule has 2 aromatic carbocycles. The number of ether oxygens (including phenoxy) is 3. The molecule has 7 nitrogen and oxygen atoms in total. The summed E-state index contributed by atoms with van der Waals surface area (Å²) in [5.41, 5.74) is 1.76. The predicted molar refractivity (Wildman–Crippen MR) is 119 cm³/mol. The number of benzene rings is 2. The van der Waals surface area contributed by atoms with E-state index in [1.807, 2.05) is 18.2 Å². The highest BCUT2D eigenvalue weighted by molar-refractivity contribution is 6.31. The van der Waals surface area contributed by atoms with Gasteiger partial charge in [-0.05, 0) is 48.9 Å². The van der Waals surface area contributed by atoms with Crippen molar-refractivity contribution in [1.29, 1.82) is 0 Å². The van der Waals surface area contributed by atoms with E-state index in [-0.39, 0.29) is 12.6 Å². The molecule has 1 atom stereocenters. The molecule has 0 saturated heterocycles. The van der Waals surface area contributed by atoms with Crippen LogP contribution in [0.15, 0.2) is 60.8 Å². The second kappa shape index (κ2) is 9.20. The third-order valence-corrected chi connectivity index (χ3v) is 5.07. The van der Waals surface area contributed by atoms with Gasteiger partial charge in [0.15, 0.2) is 17.6 Å². The second-order valence-corrected chi connectivity index (χ2v) is 7.60. The molecule has 8 heteroatoms. The summed E-state index contributed by atoms with van der Waals surface area (Å²) in [5, 5.41) is 9.45. The fourth-order valence-corrected chi connectivity index (χ4v) is 3.47. The van der Waals surface area contributed by atoms with Gasteiger partial charge in [-0.1, -0.05) is 35.9 Å². The maximum atomic E-state index is 13.1. The fraction of sp³-hybridized carbons (Fsp3) is 0.167. The van der Waals surface area contributed by atoms with Crippen molar-refractivity contribution < 1.29 is 28.9 Å². The first kappa shape index (κ1) is 21.5. The van der Waals surface area contributed by atoms with E-state index in [1.165, 1.54) is 6.92 Å². The summed E-state index contributed by atoms with van der Waals surface area (Å²) in [7, 11) is 0. The van der Waals surface area contributed by atoms with Crippen molar-refractivity contribution in [2.75, 3.05) is 6.79 Å². The maximum Gasteiger partial charge on any atom is 0.344 e. The van der Waals surface area contributed by atoms with Crippen LogP contribution in [0.25, 0.3) is 6.08 Å². The van der Waals surface area contributed by atoms with Crippen molar-refractivity contribution >= 4 is 29.4 Å². The highest BCUT2D eigenvalue weighted by Crippen LogP contribution is 2.33. The van der Waals surface area contributed by atoms with Gasteiger partial charge in [-0.15, -0.1) is 0 Å². The van der Waals surface area contributed by atoms with Gasteiger partial charge in [0, 0.05) is 18.3 Å². The fourth-order valence-electron chi connectivity index (χ4n) is 3.25. The van der Waals surface area contributed by atoms with E-state index in [4.69, 9.17) is 30.9 Å². The van der Waals surface area contributed by atoms with Crippen molar-refractivity contribution in [1.82, 2.24) is 4.57 Å². The summed E-state index contributed by atoms with van der Waals surface area (Å²) in [4.78, 5) is 24.0. The van der Waals surface area contributed by atoms with Crippen LogP contribution < -0.4 is 14.2 Å². The van der Waals surface area contributed by atoms with Crippen LogP contribution in [0.5, 0.6) is 17.2 Å². The second-order valence-electron chi connectivity index (χ2n) is 7.17. The molecule has 4 rings (SSSR count). The molecule has 0 saturated carbocycles. The van der Waals surface area contributed by atoms with Crippen molar-refractivity contribution in [3.8, 4) is 17.2 Å². The Kier molecular flexibility index (Phi) is 6.18. The van der Waals surface area contributed by atoms with E-state index in [0.29, 0.717) is 40.1 Å². The number of rotatable bonds is 8. The van der Waals surface area contributed by atoms with Gasteiger partial charge in [0.2, 0.25) is 12.6 Å². The lowest BCUT2D eigenvalue weighted by Crippen LogP contribution is -2.22. The molecule has 164 valence electrons. The molecular weight excluding hydrogens is 434 g/mol. The van der Waals surface area contributed by atoms with E-state index >= 15 is 0 Å². The third-order valence-electron chi connectivity index (χ3n) is 4.86. The number of halogens is 1. The zero-order valence-corrected chi connectivity index (χ0v) is 17.9. The highest BCUT2D eigenvalue weighted by Gasteiger charge is 2.20. The first-order valence-corrected chi connectivity index (χ1v) is 10.2. The van der Waals surface area contributed by atoms with Crippen LogP contribution in [0.3, 0.4) is 0 Å². The van der Waals surface area contributed by atoms with E-state index in [9.17, 15) is 9.59 Å². The Balaban J connectivity index is 1.49. The summed E-state index contributed by atoms with van der Waals surface area (Å²) in [6.45, 7) is 2.02. The summed E-state index contributed by atoms with van der Waals surface area (Å²) in [6.07, 6.45) is 4.49. The predicted octanol–water partition coefficient (Wildman–Crippen LogP) is 4.67. The van der Waals surface area contributed by atoms with E-state index in [1.54, 1.807) is 53.2 Å². The Morgan fingerprint density at radius 1 is 1.19 bits per heavy atom. The van der Waals surface area contributed by atoms with Crippen LogP contribution in [0.2, 0.25) is 5.02 Å². The lowest BCUT2D eigenvalue weighted by Gasteiger charge is -2.10. The van der Waals surface area contributed by atoms with Crippen LogP contribution >= 0.6 is 11.6 Å². The molecule has 3 aromatic rings. The molecule has 0 unspecified atom stereocenters. The first-order valence-electron chi connectivity index (χ1n) is 9.87. The molecule has 0 aliphatic carbocycles. The number of fused-ring (bicyclic) bond motifs is 1. The molecular formula is C24H20ClNO6. The Hall–Kier alpha value is -3.71. The monoisotopic (exact) mass is 453 g/mol. The van der Waals surface area contributed by atoms with Crippen molar-refractivity contribution in [3.63, 3.8) is 0 Å². The minimum Gasteiger partial charge on any atom is -0.479 e. The van der Waals surface area contributed by atoms with Gasteiger partial charge in [0.1, 0.15) is 5.75 Å². The van der Waals surface area contributed by atoms with Crippen LogP contribution in [-0.2, 0) is 11.3 Å². The molecule has 0 fully saturated rings. The molecule has 0 spiro atoms. The summed E-state index contributed by atoms with van der Waals surface area (Å²) < 4.78 is 17.8. The number of hydrogen-bond donors (Lipinski definition) is 1. The topological polar surface area (TPSA) is 87.0 Å². The quantitative estimate of drug-likeness (QED) is 0.499. The average Bonchev–Trinajstić information content (AvgIpc) is 3.39. The lowest BCUT2D eigenvalue weighted by molar-refractivity contribution is -0.144. The molecule has 1 aliphatic rings. The van der Waals surface area contributed by atoms with Crippen LogP contribution in [0.1, 0.15) is 28.5 Å². The van der Waals surface area contributed by atoms with Crippen LogP contribution in [0.4, 0.5) is 0 Å². The van der Waals surface area contributed by atoms with Gasteiger partial charge in [-0.3, -0.25) is 4.79 Å². The van der Waals surface area contributed by atoms with Gasteiger partial charge in [-0.2, -0.15) is 0 Å². The lowest BCUT2D eigenvalue weighted by atomic mass is 10.1. The standard InChI is InChI=1S/C24H20ClNO6/c1-15(24(28)29)32-19-6-2-4-16(10-19)5-3-9-26-13-18(25)12-20(26)23(27)17-7-8-21-22(11-17)31-14-30-21/h2-8,10-13,15H,9,14H2,1H3,(H,28,29)/b5-3+/t15-/m0/s1. The Labute approximate surface area is 189 Å². The number of carboxylic acids is 1. The van der Waals surface area contributed by atoms with Gasteiger partial charge >= 0.3 is 5.97 Å². The summed E-state index contributed by atoms with van der Waals surface area (Å²) >= 11 is 6.18.